The monoisotopic (exact) mass is 284 g/mol. The Labute approximate surface area is 121 Å². The van der Waals surface area contributed by atoms with Crippen LogP contribution < -0.4 is 10.1 Å². The number of para-hydroxylation sites is 1. The lowest BCUT2D eigenvalue weighted by Crippen LogP contribution is -2.14. The Balaban J connectivity index is 2.36. The lowest BCUT2D eigenvalue weighted by atomic mass is 10.1. The van der Waals surface area contributed by atoms with Crippen LogP contribution >= 0.6 is 0 Å². The molecule has 1 N–H and O–H groups in total. The normalized spacial score (nSPS) is 9.81. The Morgan fingerprint density at radius 3 is 2.71 bits per heavy atom. The molecule has 4 nitrogen and oxygen atoms in total. The number of aryl methyl sites for hydroxylation is 1. The Kier molecular flexibility index (Phi) is 4.19. The van der Waals surface area contributed by atoms with Gasteiger partial charge in [-0.25, -0.2) is 4.39 Å². The lowest BCUT2D eigenvalue weighted by Gasteiger charge is -2.11. The summed E-state index contributed by atoms with van der Waals surface area (Å²) in [5, 5.41) is 11.7. The first-order valence-electron chi connectivity index (χ1n) is 6.21. The summed E-state index contributed by atoms with van der Waals surface area (Å²) in [4.78, 5) is 12.2. The van der Waals surface area contributed by atoms with Gasteiger partial charge in [0.1, 0.15) is 23.3 Å². The average molecular weight is 284 g/mol. The number of methoxy groups -OCH3 is 1. The molecule has 2 aromatic rings. The second-order valence-electron chi connectivity index (χ2n) is 4.41. The summed E-state index contributed by atoms with van der Waals surface area (Å²) in [6.07, 6.45) is 0. The molecule has 1 amide bonds. The molecule has 0 radical (unpaired) electrons. The maximum absolute atomic E-state index is 13.5. The molecule has 0 fully saturated rings. The number of hydrogen-bond donors (Lipinski definition) is 1. The number of nitrogens with zero attached hydrogens (tertiary/aromatic N) is 1. The van der Waals surface area contributed by atoms with Crippen molar-refractivity contribution in [2.24, 2.45) is 0 Å². The predicted molar refractivity (Wildman–Crippen MR) is 76.8 cm³/mol. The molecule has 0 bridgehead atoms. The smallest absolute Gasteiger partial charge is 0.255 e. The predicted octanol–water partition coefficient (Wildman–Crippen LogP) is 3.27. The molecule has 0 atom stereocenters. The first-order chi connectivity index (χ1) is 10.1. The van der Waals surface area contributed by atoms with Gasteiger partial charge in [0.25, 0.3) is 5.91 Å². The average Bonchev–Trinajstić information content (AvgIpc) is 2.50. The van der Waals surface area contributed by atoms with Crippen molar-refractivity contribution in [3.05, 3.63) is 58.9 Å². The van der Waals surface area contributed by atoms with Gasteiger partial charge in [-0.3, -0.25) is 4.79 Å². The van der Waals surface area contributed by atoms with Crippen LogP contribution in [0.3, 0.4) is 0 Å². The minimum Gasteiger partial charge on any atom is -0.495 e. The van der Waals surface area contributed by atoms with Gasteiger partial charge in [-0.1, -0.05) is 12.1 Å². The topological polar surface area (TPSA) is 62.1 Å². The van der Waals surface area contributed by atoms with E-state index in [1.807, 2.05) is 6.07 Å². The van der Waals surface area contributed by atoms with E-state index < -0.39 is 11.7 Å². The van der Waals surface area contributed by atoms with Gasteiger partial charge in [0, 0.05) is 5.56 Å². The third-order valence-corrected chi connectivity index (χ3v) is 3.04. The van der Waals surface area contributed by atoms with Crippen LogP contribution in [0.15, 0.2) is 36.4 Å². The van der Waals surface area contributed by atoms with Gasteiger partial charge < -0.3 is 10.1 Å². The number of amides is 1. The molecule has 0 heterocycles. The van der Waals surface area contributed by atoms with Gasteiger partial charge in [0.05, 0.1) is 12.7 Å². The molecule has 0 saturated carbocycles. The minimum atomic E-state index is -0.505. The summed E-state index contributed by atoms with van der Waals surface area (Å²) in [5.74, 6) is -0.590. The molecule has 0 aliphatic carbocycles. The third-order valence-electron chi connectivity index (χ3n) is 3.04. The fourth-order valence-electron chi connectivity index (χ4n) is 1.84. The minimum absolute atomic E-state index is 0.174. The molecule has 0 aromatic heterocycles. The molecule has 0 unspecified atom stereocenters. The highest BCUT2D eigenvalue weighted by molar-refractivity contribution is 6.05. The van der Waals surface area contributed by atoms with Crippen molar-refractivity contribution < 1.29 is 13.9 Å². The summed E-state index contributed by atoms with van der Waals surface area (Å²) in [5.41, 5.74) is 1.18. The van der Waals surface area contributed by atoms with Crippen molar-refractivity contribution in [1.82, 2.24) is 0 Å². The number of nitrogens with one attached hydrogen (secondary N) is 1. The van der Waals surface area contributed by atoms with E-state index in [0.29, 0.717) is 11.3 Å². The highest BCUT2D eigenvalue weighted by Crippen LogP contribution is 2.28. The van der Waals surface area contributed by atoms with E-state index in [1.54, 1.807) is 25.1 Å². The second kappa shape index (κ2) is 6.06. The van der Waals surface area contributed by atoms with Gasteiger partial charge in [-0.2, -0.15) is 5.26 Å². The zero-order valence-corrected chi connectivity index (χ0v) is 11.6. The van der Waals surface area contributed by atoms with Crippen LogP contribution in [0.1, 0.15) is 21.5 Å². The molecule has 0 spiro atoms. The summed E-state index contributed by atoms with van der Waals surface area (Å²) >= 11 is 0. The summed E-state index contributed by atoms with van der Waals surface area (Å²) < 4.78 is 18.6. The number of carbonyl (C=O) groups excluding carboxylic acids is 1. The number of carbonyl (C=O) groups is 1. The highest BCUT2D eigenvalue weighted by atomic mass is 19.1. The van der Waals surface area contributed by atoms with E-state index in [1.165, 1.54) is 19.2 Å². The van der Waals surface area contributed by atoms with Crippen LogP contribution in [0.5, 0.6) is 5.75 Å². The van der Waals surface area contributed by atoms with E-state index in [0.717, 1.165) is 6.07 Å². The van der Waals surface area contributed by atoms with Gasteiger partial charge in [-0.15, -0.1) is 0 Å². The molecule has 2 rings (SSSR count). The van der Waals surface area contributed by atoms with Gasteiger partial charge in [0.2, 0.25) is 0 Å². The van der Waals surface area contributed by atoms with Crippen LogP contribution in [0.4, 0.5) is 10.1 Å². The van der Waals surface area contributed by atoms with E-state index in [2.05, 4.69) is 5.32 Å². The van der Waals surface area contributed by atoms with E-state index in [4.69, 9.17) is 10.00 Å². The molecule has 2 aromatic carbocycles. The fraction of sp³-hybridized carbons (Fsp3) is 0.125. The first kappa shape index (κ1) is 14.5. The number of hydrogen-bond acceptors (Lipinski definition) is 3. The Morgan fingerprint density at radius 1 is 1.33 bits per heavy atom. The van der Waals surface area contributed by atoms with Crippen LogP contribution in [0.2, 0.25) is 0 Å². The fourth-order valence-corrected chi connectivity index (χ4v) is 1.84. The first-order valence-corrected chi connectivity index (χ1v) is 6.21. The Bertz CT molecular complexity index is 736. The zero-order valence-electron chi connectivity index (χ0n) is 11.6. The molecule has 0 saturated heterocycles. The van der Waals surface area contributed by atoms with Gasteiger partial charge in [-0.05, 0) is 36.8 Å². The quantitative estimate of drug-likeness (QED) is 0.941. The van der Waals surface area contributed by atoms with Crippen molar-refractivity contribution in [1.29, 1.82) is 5.26 Å². The van der Waals surface area contributed by atoms with Crippen molar-refractivity contribution in [2.75, 3.05) is 12.4 Å². The molecule has 21 heavy (non-hydrogen) atoms. The van der Waals surface area contributed by atoms with Crippen molar-refractivity contribution in [2.45, 2.75) is 6.92 Å². The van der Waals surface area contributed by atoms with Crippen molar-refractivity contribution in [3.8, 4) is 11.8 Å². The van der Waals surface area contributed by atoms with E-state index >= 15 is 0 Å². The van der Waals surface area contributed by atoms with Crippen molar-refractivity contribution >= 4 is 11.6 Å². The Hall–Kier alpha value is -2.87. The van der Waals surface area contributed by atoms with Crippen LogP contribution in [-0.4, -0.2) is 13.0 Å². The number of halogens is 1. The molecule has 5 heteroatoms. The molecular weight excluding hydrogens is 271 g/mol. The number of rotatable bonds is 3. The lowest BCUT2D eigenvalue weighted by molar-refractivity contribution is 0.102. The van der Waals surface area contributed by atoms with E-state index in [-0.39, 0.29) is 16.8 Å². The van der Waals surface area contributed by atoms with Gasteiger partial charge in [0.15, 0.2) is 0 Å². The molecule has 0 aliphatic rings. The van der Waals surface area contributed by atoms with Crippen molar-refractivity contribution in [3.63, 3.8) is 0 Å². The highest BCUT2D eigenvalue weighted by Gasteiger charge is 2.14. The standard InChI is InChI=1S/C16H13FN2O2/c1-10-6-7-11(8-13(10)17)16(20)19-15-12(9-18)4-3-5-14(15)21-2/h3-8H,1-2H3,(H,19,20). The van der Waals surface area contributed by atoms with Crippen LogP contribution in [0, 0.1) is 24.1 Å². The van der Waals surface area contributed by atoms with E-state index in [9.17, 15) is 9.18 Å². The maximum atomic E-state index is 13.5. The number of anilines is 1. The summed E-state index contributed by atoms with van der Waals surface area (Å²) in [6, 6.07) is 11.0. The van der Waals surface area contributed by atoms with Crippen LogP contribution in [-0.2, 0) is 0 Å². The largest absolute Gasteiger partial charge is 0.495 e. The van der Waals surface area contributed by atoms with Crippen LogP contribution in [0.25, 0.3) is 0 Å². The molecule has 106 valence electrons. The number of nitriles is 1. The second-order valence-corrected chi connectivity index (χ2v) is 4.41. The molecule has 0 aliphatic heterocycles. The molecular formula is C16H13FN2O2. The summed E-state index contributed by atoms with van der Waals surface area (Å²) in [6.45, 7) is 1.62. The number of ether oxygens (including phenoxy) is 1. The zero-order chi connectivity index (χ0) is 15.4. The third kappa shape index (κ3) is 3.00. The SMILES string of the molecule is COc1cccc(C#N)c1NC(=O)c1ccc(C)c(F)c1. The Morgan fingerprint density at radius 2 is 2.10 bits per heavy atom. The summed E-state index contributed by atoms with van der Waals surface area (Å²) in [7, 11) is 1.44. The maximum Gasteiger partial charge on any atom is 0.255 e. The van der Waals surface area contributed by atoms with Gasteiger partial charge >= 0.3 is 0 Å². The number of benzene rings is 2.